The Morgan fingerprint density at radius 1 is 0.917 bits per heavy atom. The molecule has 1 aromatic carbocycles. The standard InChI is InChI=1S/C27H32N4O5/c1-4-36-22-10-6-5-8-19(22)13-27(24(33)28(2)26(35)29(3)25(27)34)17-30-14-18-12-20(16-30)21-9-7-11-23(32)31(21)15-18/h5-11,18,20H,4,12-17H2,1-3H3. The van der Waals surface area contributed by atoms with Crippen molar-refractivity contribution in [1.29, 1.82) is 0 Å². The quantitative estimate of drug-likeness (QED) is 0.573. The molecule has 2 fully saturated rings. The fraction of sp³-hybridized carbons (Fsp3) is 0.481. The van der Waals surface area contributed by atoms with Crippen molar-refractivity contribution in [3.8, 4) is 5.75 Å². The number of rotatable bonds is 6. The smallest absolute Gasteiger partial charge is 0.332 e. The van der Waals surface area contributed by atoms with Gasteiger partial charge in [-0.05, 0) is 37.0 Å². The summed E-state index contributed by atoms with van der Waals surface area (Å²) in [5.41, 5.74) is 0.308. The van der Waals surface area contributed by atoms with Gasteiger partial charge in [-0.1, -0.05) is 24.3 Å². The molecule has 9 heteroatoms. The number of aromatic nitrogens is 1. The molecule has 1 aromatic heterocycles. The van der Waals surface area contributed by atoms with E-state index in [4.69, 9.17) is 4.74 Å². The van der Waals surface area contributed by atoms with Crippen LogP contribution in [0.25, 0.3) is 0 Å². The van der Waals surface area contributed by atoms with E-state index in [9.17, 15) is 19.2 Å². The van der Waals surface area contributed by atoms with Gasteiger partial charge >= 0.3 is 6.03 Å². The molecule has 4 heterocycles. The van der Waals surface area contributed by atoms with Crippen LogP contribution in [0.15, 0.2) is 47.3 Å². The van der Waals surface area contributed by atoms with Crippen molar-refractivity contribution in [2.45, 2.75) is 32.2 Å². The third-order valence-electron chi connectivity index (χ3n) is 7.82. The van der Waals surface area contributed by atoms with E-state index in [1.807, 2.05) is 41.8 Å². The summed E-state index contributed by atoms with van der Waals surface area (Å²) in [6, 6.07) is 12.2. The lowest BCUT2D eigenvalue weighted by atomic mass is 9.75. The summed E-state index contributed by atoms with van der Waals surface area (Å²) in [4.78, 5) is 56.9. The molecule has 4 amide bonds. The second-order valence-electron chi connectivity index (χ2n) is 10.2. The largest absolute Gasteiger partial charge is 0.494 e. The SMILES string of the molecule is CCOc1ccccc1CC1(CN2CC3CC(C2)c2cccc(=O)n2C3)C(=O)N(C)C(=O)N(C)C1=O. The Morgan fingerprint density at radius 3 is 2.36 bits per heavy atom. The molecular weight excluding hydrogens is 460 g/mol. The van der Waals surface area contributed by atoms with Crippen molar-refractivity contribution in [2.75, 3.05) is 40.3 Å². The number of fused-ring (bicyclic) bond motifs is 4. The van der Waals surface area contributed by atoms with Crippen LogP contribution >= 0.6 is 0 Å². The number of ether oxygens (including phenoxy) is 1. The zero-order chi connectivity index (χ0) is 25.6. The molecule has 2 saturated heterocycles. The average molecular weight is 493 g/mol. The van der Waals surface area contributed by atoms with Crippen molar-refractivity contribution in [3.63, 3.8) is 0 Å². The molecule has 0 saturated carbocycles. The minimum Gasteiger partial charge on any atom is -0.494 e. The molecule has 36 heavy (non-hydrogen) atoms. The number of likely N-dealkylation sites (tertiary alicyclic amines) is 1. The highest BCUT2D eigenvalue weighted by atomic mass is 16.5. The van der Waals surface area contributed by atoms with Crippen molar-refractivity contribution in [2.24, 2.45) is 11.3 Å². The minimum atomic E-state index is -1.47. The van der Waals surface area contributed by atoms with Gasteiger partial charge < -0.3 is 14.2 Å². The van der Waals surface area contributed by atoms with Gasteiger partial charge in [0.1, 0.15) is 11.2 Å². The predicted molar refractivity (Wildman–Crippen MR) is 133 cm³/mol. The Bertz CT molecular complexity index is 1250. The van der Waals surface area contributed by atoms with Gasteiger partial charge in [0.25, 0.3) is 5.56 Å². The van der Waals surface area contributed by atoms with Crippen LogP contribution in [0.3, 0.4) is 0 Å². The lowest BCUT2D eigenvalue weighted by Gasteiger charge is -2.48. The third kappa shape index (κ3) is 3.91. The summed E-state index contributed by atoms with van der Waals surface area (Å²) in [7, 11) is 2.87. The highest BCUT2D eigenvalue weighted by Gasteiger charge is 2.57. The topological polar surface area (TPSA) is 92.2 Å². The maximum atomic E-state index is 13.8. The van der Waals surface area contributed by atoms with Crippen molar-refractivity contribution >= 4 is 17.8 Å². The third-order valence-corrected chi connectivity index (χ3v) is 7.82. The number of pyridine rings is 1. The molecule has 3 aliphatic rings. The minimum absolute atomic E-state index is 0.0130. The first kappa shape index (κ1) is 24.2. The van der Waals surface area contributed by atoms with Gasteiger partial charge in [0.2, 0.25) is 11.8 Å². The normalized spacial score (nSPS) is 23.6. The van der Waals surface area contributed by atoms with Crippen molar-refractivity contribution in [1.82, 2.24) is 19.3 Å². The summed E-state index contributed by atoms with van der Waals surface area (Å²) in [5, 5.41) is 0. The molecule has 2 bridgehead atoms. The van der Waals surface area contributed by atoms with Crippen LogP contribution in [0, 0.1) is 11.3 Å². The maximum Gasteiger partial charge on any atom is 0.332 e. The zero-order valence-electron chi connectivity index (χ0n) is 21.0. The second kappa shape index (κ2) is 9.20. The van der Waals surface area contributed by atoms with Crippen LogP contribution in [0.1, 0.15) is 30.5 Å². The molecule has 9 nitrogen and oxygen atoms in total. The number of piperidine rings is 1. The number of urea groups is 1. The van der Waals surface area contributed by atoms with Crippen LogP contribution in [-0.2, 0) is 22.6 Å². The van der Waals surface area contributed by atoms with Gasteiger partial charge in [-0.25, -0.2) is 4.79 Å². The van der Waals surface area contributed by atoms with E-state index < -0.39 is 23.3 Å². The Morgan fingerprint density at radius 2 is 1.64 bits per heavy atom. The van der Waals surface area contributed by atoms with Gasteiger partial charge in [-0.2, -0.15) is 0 Å². The fourth-order valence-corrected chi connectivity index (χ4v) is 6.25. The van der Waals surface area contributed by atoms with E-state index in [1.54, 1.807) is 12.1 Å². The number of para-hydroxylation sites is 1. The summed E-state index contributed by atoms with van der Waals surface area (Å²) in [5.74, 6) is 0.0366. The first-order valence-corrected chi connectivity index (χ1v) is 12.5. The van der Waals surface area contributed by atoms with Crippen LogP contribution in [-0.4, -0.2) is 77.4 Å². The highest BCUT2D eigenvalue weighted by molar-refractivity contribution is 6.19. The van der Waals surface area contributed by atoms with E-state index in [0.717, 1.165) is 27.5 Å². The molecular formula is C27H32N4O5. The van der Waals surface area contributed by atoms with Crippen LogP contribution < -0.4 is 10.3 Å². The molecule has 0 aliphatic carbocycles. The van der Waals surface area contributed by atoms with E-state index in [2.05, 4.69) is 4.90 Å². The monoisotopic (exact) mass is 492 g/mol. The number of carbonyl (C=O) groups excluding carboxylic acids is 3. The number of nitrogens with zero attached hydrogens (tertiary/aromatic N) is 4. The second-order valence-corrected chi connectivity index (χ2v) is 10.2. The molecule has 2 atom stereocenters. The van der Waals surface area contributed by atoms with E-state index in [-0.39, 0.29) is 30.4 Å². The van der Waals surface area contributed by atoms with Gasteiger partial charge in [0.05, 0.1) is 6.61 Å². The average Bonchev–Trinajstić information content (AvgIpc) is 2.87. The number of carbonyl (C=O) groups is 3. The number of benzene rings is 1. The Hall–Kier alpha value is -3.46. The Labute approximate surface area is 210 Å². The summed E-state index contributed by atoms with van der Waals surface area (Å²) in [6.07, 6.45) is 1.10. The van der Waals surface area contributed by atoms with Gasteiger partial charge in [0.15, 0.2) is 0 Å². The number of imide groups is 2. The van der Waals surface area contributed by atoms with E-state index >= 15 is 0 Å². The first-order valence-electron chi connectivity index (χ1n) is 12.5. The number of amides is 4. The fourth-order valence-electron chi connectivity index (χ4n) is 6.25. The predicted octanol–water partition coefficient (Wildman–Crippen LogP) is 1.95. The summed E-state index contributed by atoms with van der Waals surface area (Å²) < 4.78 is 7.67. The molecule has 0 radical (unpaired) electrons. The van der Waals surface area contributed by atoms with Gasteiger partial charge in [-0.3, -0.25) is 24.2 Å². The lowest BCUT2D eigenvalue weighted by molar-refractivity contribution is -0.159. The maximum absolute atomic E-state index is 13.8. The Balaban J connectivity index is 1.52. The molecule has 5 rings (SSSR count). The van der Waals surface area contributed by atoms with Crippen LogP contribution in [0.5, 0.6) is 5.75 Å². The molecule has 3 aliphatic heterocycles. The van der Waals surface area contributed by atoms with Crippen molar-refractivity contribution in [3.05, 3.63) is 64.1 Å². The highest BCUT2D eigenvalue weighted by Crippen LogP contribution is 2.40. The van der Waals surface area contributed by atoms with Gasteiger partial charge in [-0.15, -0.1) is 0 Å². The first-order chi connectivity index (χ1) is 17.2. The molecule has 190 valence electrons. The number of barbiturate groups is 1. The van der Waals surface area contributed by atoms with Crippen molar-refractivity contribution < 1.29 is 19.1 Å². The van der Waals surface area contributed by atoms with Crippen LogP contribution in [0.4, 0.5) is 4.79 Å². The zero-order valence-corrected chi connectivity index (χ0v) is 21.0. The summed E-state index contributed by atoms with van der Waals surface area (Å²) in [6.45, 7) is 4.47. The molecule has 0 N–H and O–H groups in total. The van der Waals surface area contributed by atoms with E-state index in [1.165, 1.54) is 14.1 Å². The number of hydrogen-bond donors (Lipinski definition) is 0. The van der Waals surface area contributed by atoms with Gasteiger partial charge in [0, 0.05) is 64.4 Å². The number of hydrogen-bond acceptors (Lipinski definition) is 6. The molecule has 2 aromatic rings. The van der Waals surface area contributed by atoms with Crippen LogP contribution in [0.2, 0.25) is 0 Å². The summed E-state index contributed by atoms with van der Waals surface area (Å²) >= 11 is 0. The molecule has 0 spiro atoms. The Kier molecular flexibility index (Phi) is 6.20. The van der Waals surface area contributed by atoms with E-state index in [0.29, 0.717) is 32.0 Å². The molecule has 2 unspecified atom stereocenters. The lowest BCUT2D eigenvalue weighted by Crippen LogP contribution is -2.67.